The Morgan fingerprint density at radius 1 is 1.12 bits per heavy atom. The summed E-state index contributed by atoms with van der Waals surface area (Å²) in [6.45, 7) is 2.20. The number of unbranched alkanes of at least 4 members (excludes halogenated alkanes) is 1. The van der Waals surface area contributed by atoms with Gasteiger partial charge in [-0.1, -0.05) is 30.3 Å². The minimum Gasteiger partial charge on any atom is -0.508 e. The van der Waals surface area contributed by atoms with E-state index in [-0.39, 0.29) is 29.3 Å². The number of Topliss-reactive ketones (excluding diaryl/α,β-unsaturated/α-hetero) is 1. The number of phenols is 1. The summed E-state index contributed by atoms with van der Waals surface area (Å²) in [7, 11) is 3.57. The second-order valence-electron chi connectivity index (χ2n) is 13.1. The van der Waals surface area contributed by atoms with Gasteiger partial charge in [-0.15, -0.1) is 0 Å². The molecule has 1 saturated heterocycles. The van der Waals surface area contributed by atoms with Crippen LogP contribution in [0.25, 0.3) is 0 Å². The van der Waals surface area contributed by atoms with Gasteiger partial charge >= 0.3 is 0 Å². The monoisotopic (exact) mass is 558 g/mol. The van der Waals surface area contributed by atoms with Crippen molar-refractivity contribution in [1.82, 2.24) is 9.80 Å². The highest BCUT2D eigenvalue weighted by Gasteiger charge is 2.67. The van der Waals surface area contributed by atoms with E-state index in [9.17, 15) is 14.7 Å². The lowest BCUT2D eigenvalue weighted by atomic mass is 9.50. The highest BCUT2D eigenvalue weighted by atomic mass is 16.5. The SMILES string of the molecule is COc1cc(O)c2c3c1O[C@H]1[C@H](N(C)C(=O)CCCCC(=O)c4ccccc4)CC[C@H]4[C@@H](C2)N(CC2CC2)CC[C@@]341. The van der Waals surface area contributed by atoms with Crippen LogP contribution in [0.5, 0.6) is 17.2 Å². The lowest BCUT2D eigenvalue weighted by Crippen LogP contribution is -2.69. The summed E-state index contributed by atoms with van der Waals surface area (Å²) >= 11 is 0. The quantitative estimate of drug-likeness (QED) is 0.322. The van der Waals surface area contributed by atoms with Crippen molar-refractivity contribution in [2.75, 3.05) is 27.2 Å². The van der Waals surface area contributed by atoms with Gasteiger partial charge in [0.15, 0.2) is 17.3 Å². The number of methoxy groups -OCH3 is 1. The molecule has 2 aromatic rings. The van der Waals surface area contributed by atoms with Gasteiger partial charge in [0.2, 0.25) is 5.91 Å². The summed E-state index contributed by atoms with van der Waals surface area (Å²) in [5, 5.41) is 11.2. The smallest absolute Gasteiger partial charge is 0.222 e. The maximum atomic E-state index is 13.5. The van der Waals surface area contributed by atoms with E-state index in [1.165, 1.54) is 12.8 Å². The number of hydrogen-bond acceptors (Lipinski definition) is 6. The van der Waals surface area contributed by atoms with Crippen molar-refractivity contribution in [1.29, 1.82) is 0 Å². The Labute approximate surface area is 242 Å². The number of piperidine rings is 1. The van der Waals surface area contributed by atoms with Crippen LogP contribution in [0.1, 0.15) is 79.3 Å². The van der Waals surface area contributed by atoms with Crippen LogP contribution >= 0.6 is 0 Å². The number of likely N-dealkylation sites (tertiary alicyclic amines) is 1. The van der Waals surface area contributed by atoms with Crippen LogP contribution in [0, 0.1) is 11.8 Å². The Bertz CT molecular complexity index is 1340. The van der Waals surface area contributed by atoms with Crippen LogP contribution in [0.15, 0.2) is 36.4 Å². The first kappa shape index (κ1) is 26.8. The summed E-state index contributed by atoms with van der Waals surface area (Å²) in [6, 6.07) is 11.5. The summed E-state index contributed by atoms with van der Waals surface area (Å²) in [4.78, 5) is 30.7. The summed E-state index contributed by atoms with van der Waals surface area (Å²) in [5.74, 6) is 3.22. The molecule has 1 spiro atoms. The summed E-state index contributed by atoms with van der Waals surface area (Å²) < 4.78 is 12.6. The molecule has 2 bridgehead atoms. The third-order valence-corrected chi connectivity index (χ3v) is 10.9. The van der Waals surface area contributed by atoms with Crippen molar-refractivity contribution in [3.05, 3.63) is 53.1 Å². The van der Waals surface area contributed by atoms with Gasteiger partial charge in [-0.05, 0) is 69.7 Å². The first-order valence-corrected chi connectivity index (χ1v) is 15.6. The third kappa shape index (κ3) is 4.34. The van der Waals surface area contributed by atoms with Crippen LogP contribution in [-0.4, -0.2) is 72.0 Å². The van der Waals surface area contributed by atoms with Crippen molar-refractivity contribution in [3.8, 4) is 17.2 Å². The molecule has 2 heterocycles. The molecular formula is C34H42N2O5. The van der Waals surface area contributed by atoms with Crippen LogP contribution in [-0.2, 0) is 16.6 Å². The maximum Gasteiger partial charge on any atom is 0.222 e. The fourth-order valence-electron chi connectivity index (χ4n) is 8.75. The number of benzene rings is 2. The molecule has 1 amide bonds. The van der Waals surface area contributed by atoms with E-state index in [0.29, 0.717) is 49.1 Å². The number of likely N-dealkylation sites (N-methyl/N-ethyl adjacent to an activating group) is 1. The highest BCUT2D eigenvalue weighted by Crippen LogP contribution is 2.65. The van der Waals surface area contributed by atoms with E-state index in [2.05, 4.69) is 4.90 Å². The number of phenolic OH excluding ortho intramolecular Hbond substituents is 1. The topological polar surface area (TPSA) is 79.3 Å². The molecule has 41 heavy (non-hydrogen) atoms. The molecule has 3 fully saturated rings. The normalized spacial score (nSPS) is 29.4. The number of ether oxygens (including phenoxy) is 2. The number of aromatic hydroxyl groups is 1. The molecule has 7 heteroatoms. The zero-order valence-corrected chi connectivity index (χ0v) is 24.3. The minimum absolute atomic E-state index is 0.0365. The van der Waals surface area contributed by atoms with Crippen LogP contribution in [0.4, 0.5) is 0 Å². The van der Waals surface area contributed by atoms with Gasteiger partial charge in [0.05, 0.1) is 13.2 Å². The Hall–Kier alpha value is -3.06. The lowest BCUT2D eigenvalue weighted by molar-refractivity contribution is -0.140. The van der Waals surface area contributed by atoms with Crippen molar-refractivity contribution in [2.24, 2.45) is 11.8 Å². The van der Waals surface area contributed by atoms with Crippen LogP contribution < -0.4 is 9.47 Å². The highest BCUT2D eigenvalue weighted by molar-refractivity contribution is 5.95. The number of carbonyl (C=O) groups excluding carboxylic acids is 2. The van der Waals surface area contributed by atoms with Crippen LogP contribution in [0.2, 0.25) is 0 Å². The standard InChI is InChI=1S/C34H42N2O5/c1-35(30(39)11-7-6-10-27(37)22-8-4-3-5-9-22)25-15-14-24-26-18-23-28(38)19-29(40-2)32-31(23)34(24,33(25)41-32)16-17-36(26)20-21-12-13-21/h3-5,8-9,19,21,24-26,33,38H,6-7,10-18,20H2,1-2H3/t24-,25+,26+,33-,34-/m0/s1. The molecule has 218 valence electrons. The largest absolute Gasteiger partial charge is 0.508 e. The van der Waals surface area contributed by atoms with Crippen molar-refractivity contribution in [3.63, 3.8) is 0 Å². The van der Waals surface area contributed by atoms with Gasteiger partial charge in [-0.2, -0.15) is 0 Å². The van der Waals surface area contributed by atoms with Crippen LogP contribution in [0.3, 0.4) is 0 Å². The van der Waals surface area contributed by atoms with Gasteiger partial charge in [-0.25, -0.2) is 0 Å². The molecule has 0 unspecified atom stereocenters. The number of amides is 1. The van der Waals surface area contributed by atoms with E-state index >= 15 is 0 Å². The number of hydrogen-bond donors (Lipinski definition) is 1. The molecule has 2 aromatic carbocycles. The van der Waals surface area contributed by atoms with Gasteiger partial charge < -0.3 is 19.5 Å². The molecule has 2 aliphatic heterocycles. The predicted octanol–water partition coefficient (Wildman–Crippen LogP) is 5.12. The molecule has 2 saturated carbocycles. The number of rotatable bonds is 10. The van der Waals surface area contributed by atoms with Gasteiger partial charge in [0.1, 0.15) is 11.9 Å². The molecule has 0 aromatic heterocycles. The molecule has 5 atom stereocenters. The fraction of sp³-hybridized carbons (Fsp3) is 0.588. The fourth-order valence-corrected chi connectivity index (χ4v) is 8.75. The third-order valence-electron chi connectivity index (χ3n) is 10.9. The van der Waals surface area contributed by atoms with E-state index in [0.717, 1.165) is 67.1 Å². The average molecular weight is 559 g/mol. The molecule has 0 radical (unpaired) electrons. The van der Waals surface area contributed by atoms with E-state index in [1.54, 1.807) is 13.2 Å². The second kappa shape index (κ2) is 10.3. The molecule has 3 aliphatic carbocycles. The van der Waals surface area contributed by atoms with Gasteiger partial charge in [0, 0.05) is 60.6 Å². The molecular weight excluding hydrogens is 516 g/mol. The van der Waals surface area contributed by atoms with Gasteiger partial charge in [-0.3, -0.25) is 14.5 Å². The van der Waals surface area contributed by atoms with E-state index < -0.39 is 0 Å². The van der Waals surface area contributed by atoms with Crippen molar-refractivity contribution < 1.29 is 24.2 Å². The second-order valence-corrected chi connectivity index (χ2v) is 13.1. The first-order valence-electron chi connectivity index (χ1n) is 15.6. The Morgan fingerprint density at radius 3 is 2.66 bits per heavy atom. The maximum absolute atomic E-state index is 13.5. The number of nitrogens with zero attached hydrogens (tertiary/aromatic N) is 2. The average Bonchev–Trinajstić information content (AvgIpc) is 3.75. The van der Waals surface area contributed by atoms with Gasteiger partial charge in [0.25, 0.3) is 0 Å². The molecule has 7 rings (SSSR count). The zero-order valence-electron chi connectivity index (χ0n) is 24.3. The Morgan fingerprint density at radius 2 is 1.90 bits per heavy atom. The Kier molecular flexibility index (Phi) is 6.76. The molecule has 5 aliphatic rings. The first-order chi connectivity index (χ1) is 19.9. The number of ketones is 1. The van der Waals surface area contributed by atoms with E-state index in [4.69, 9.17) is 9.47 Å². The zero-order chi connectivity index (χ0) is 28.3. The predicted molar refractivity (Wildman–Crippen MR) is 156 cm³/mol. The van der Waals surface area contributed by atoms with Crippen molar-refractivity contribution in [2.45, 2.75) is 87.8 Å². The van der Waals surface area contributed by atoms with Crippen molar-refractivity contribution >= 4 is 11.7 Å². The number of carbonyl (C=O) groups is 2. The molecule has 1 N–H and O–H groups in total. The molecule has 7 nitrogen and oxygen atoms in total. The minimum atomic E-state index is -0.209. The lowest BCUT2D eigenvalue weighted by Gasteiger charge is -2.60. The summed E-state index contributed by atoms with van der Waals surface area (Å²) in [5.41, 5.74) is 2.72. The Balaban J connectivity index is 1.10. The summed E-state index contributed by atoms with van der Waals surface area (Å²) in [6.07, 6.45) is 8.61. The van der Waals surface area contributed by atoms with E-state index in [1.807, 2.05) is 42.3 Å².